The molecule has 0 atom stereocenters. The molecule has 1 heterocycles. The van der Waals surface area contributed by atoms with Crippen LogP contribution in [0.3, 0.4) is 0 Å². The maximum atomic E-state index is 11.3. The molecule has 0 aliphatic carbocycles. The van der Waals surface area contributed by atoms with Crippen LogP contribution in [0.4, 0.5) is 5.69 Å². The van der Waals surface area contributed by atoms with Crippen LogP contribution in [0.25, 0.3) is 10.9 Å². The molecule has 17 heavy (non-hydrogen) atoms. The molecule has 84 valence electrons. The average molecular weight is 247 g/mol. The van der Waals surface area contributed by atoms with Gasteiger partial charge in [-0.25, -0.2) is 0 Å². The van der Waals surface area contributed by atoms with Crippen LogP contribution in [0.5, 0.6) is 0 Å². The molecule has 1 N–H and O–H groups in total. The number of hydrogen-bond acceptors (Lipinski definition) is 4. The summed E-state index contributed by atoms with van der Waals surface area (Å²) in [4.78, 5) is 11.3. The minimum Gasteiger partial charge on any atom is -0.322 e. The molecule has 5 nitrogen and oxygen atoms in total. The number of carbonyl (C=O) groups is 1. The molecule has 0 aliphatic heterocycles. The van der Waals surface area contributed by atoms with Gasteiger partial charge in [-0.1, -0.05) is 18.2 Å². The van der Waals surface area contributed by atoms with Gasteiger partial charge in [-0.05, 0) is 6.07 Å². The summed E-state index contributed by atoms with van der Waals surface area (Å²) in [5.74, 6) is -0.567. The van der Waals surface area contributed by atoms with Gasteiger partial charge in [0, 0.05) is 5.39 Å². The molecule has 0 fully saturated rings. The lowest BCUT2D eigenvalue weighted by Gasteiger charge is -2.07. The molecular formula is C11H7ClN4O. The molecule has 0 bridgehead atoms. The highest BCUT2D eigenvalue weighted by Crippen LogP contribution is 2.23. The van der Waals surface area contributed by atoms with Crippen molar-refractivity contribution in [1.82, 2.24) is 10.2 Å². The summed E-state index contributed by atoms with van der Waals surface area (Å²) in [5.41, 5.74) is 1.03. The van der Waals surface area contributed by atoms with Gasteiger partial charge in [0.25, 0.3) is 0 Å². The Bertz CT molecular complexity index is 620. The monoisotopic (exact) mass is 246 g/mol. The standard InChI is InChI=1S/C11H7ClN4O/c12-5-10(17)14-11-7-3-1-2-4-8(7)15-16-9(11)6-13/h1-4H,5H2,(H,14,15,17). The largest absolute Gasteiger partial charge is 0.322 e. The van der Waals surface area contributed by atoms with Crippen LogP contribution in [-0.4, -0.2) is 22.0 Å². The lowest BCUT2D eigenvalue weighted by Crippen LogP contribution is -2.14. The first kappa shape index (κ1) is 11.3. The van der Waals surface area contributed by atoms with E-state index in [1.54, 1.807) is 24.3 Å². The van der Waals surface area contributed by atoms with Crippen LogP contribution in [0, 0.1) is 11.3 Å². The van der Waals surface area contributed by atoms with Gasteiger partial charge < -0.3 is 5.32 Å². The summed E-state index contributed by atoms with van der Waals surface area (Å²) < 4.78 is 0. The van der Waals surface area contributed by atoms with Crippen LogP contribution in [-0.2, 0) is 4.79 Å². The fourth-order valence-electron chi connectivity index (χ4n) is 1.43. The zero-order valence-corrected chi connectivity index (χ0v) is 9.40. The normalized spacial score (nSPS) is 9.88. The van der Waals surface area contributed by atoms with Gasteiger partial charge in [-0.15, -0.1) is 21.8 Å². The Morgan fingerprint density at radius 2 is 2.18 bits per heavy atom. The Hall–Kier alpha value is -2.19. The van der Waals surface area contributed by atoms with Crippen molar-refractivity contribution in [3.8, 4) is 6.07 Å². The Morgan fingerprint density at radius 1 is 1.41 bits per heavy atom. The molecule has 2 aromatic rings. The van der Waals surface area contributed by atoms with E-state index < -0.39 is 0 Å². The fraction of sp³-hybridized carbons (Fsp3) is 0.0909. The number of nitrogens with one attached hydrogen (secondary N) is 1. The maximum absolute atomic E-state index is 11.3. The molecule has 0 unspecified atom stereocenters. The number of fused-ring (bicyclic) bond motifs is 1. The Kier molecular flexibility index (Phi) is 3.17. The van der Waals surface area contributed by atoms with Crippen molar-refractivity contribution in [2.45, 2.75) is 0 Å². The minimum absolute atomic E-state index is 0.0715. The van der Waals surface area contributed by atoms with Crippen LogP contribution < -0.4 is 5.32 Å². The summed E-state index contributed by atoms with van der Waals surface area (Å²) in [5, 5.41) is 19.8. The first-order chi connectivity index (χ1) is 8.26. The predicted molar refractivity (Wildman–Crippen MR) is 63.6 cm³/mol. The van der Waals surface area contributed by atoms with Crippen LogP contribution >= 0.6 is 11.6 Å². The third-order valence-electron chi connectivity index (χ3n) is 2.16. The van der Waals surface area contributed by atoms with Crippen LogP contribution in [0.15, 0.2) is 24.3 Å². The number of benzene rings is 1. The number of nitriles is 1. The second-order valence-electron chi connectivity index (χ2n) is 3.23. The van der Waals surface area contributed by atoms with Gasteiger partial charge in [0.2, 0.25) is 5.91 Å². The minimum atomic E-state index is -0.388. The Balaban J connectivity index is 2.64. The van der Waals surface area contributed by atoms with Crippen molar-refractivity contribution in [3.05, 3.63) is 30.0 Å². The molecule has 2 rings (SSSR count). The van der Waals surface area contributed by atoms with E-state index in [1.807, 2.05) is 6.07 Å². The Morgan fingerprint density at radius 3 is 2.88 bits per heavy atom. The number of halogens is 1. The van der Waals surface area contributed by atoms with Crippen LogP contribution in [0.1, 0.15) is 5.69 Å². The number of nitrogens with zero attached hydrogens (tertiary/aromatic N) is 3. The van der Waals surface area contributed by atoms with E-state index in [1.165, 1.54) is 0 Å². The van der Waals surface area contributed by atoms with E-state index in [0.29, 0.717) is 16.6 Å². The highest BCUT2D eigenvalue weighted by atomic mass is 35.5. The smallest absolute Gasteiger partial charge is 0.239 e. The summed E-state index contributed by atoms with van der Waals surface area (Å²) in [6, 6.07) is 8.99. The van der Waals surface area contributed by atoms with Gasteiger partial charge in [0.15, 0.2) is 5.69 Å². The molecule has 0 saturated carbocycles. The molecule has 0 saturated heterocycles. The number of anilines is 1. The molecule has 1 amide bonds. The first-order valence-electron chi connectivity index (χ1n) is 4.77. The number of amides is 1. The Labute approximate surface area is 102 Å². The third-order valence-corrected chi connectivity index (χ3v) is 2.40. The second-order valence-corrected chi connectivity index (χ2v) is 3.50. The van der Waals surface area contributed by atoms with Crippen molar-refractivity contribution >= 4 is 34.1 Å². The first-order valence-corrected chi connectivity index (χ1v) is 5.31. The van der Waals surface area contributed by atoms with Crippen LogP contribution in [0.2, 0.25) is 0 Å². The maximum Gasteiger partial charge on any atom is 0.239 e. The zero-order chi connectivity index (χ0) is 12.3. The lowest BCUT2D eigenvalue weighted by atomic mass is 10.1. The molecule has 1 aromatic heterocycles. The molecule has 6 heteroatoms. The topological polar surface area (TPSA) is 78.7 Å². The summed E-state index contributed by atoms with van der Waals surface area (Å²) in [6.45, 7) is 0. The zero-order valence-electron chi connectivity index (χ0n) is 8.64. The number of carbonyl (C=O) groups excluding carboxylic acids is 1. The van der Waals surface area contributed by atoms with E-state index >= 15 is 0 Å². The average Bonchev–Trinajstić information content (AvgIpc) is 2.39. The number of rotatable bonds is 2. The SMILES string of the molecule is N#Cc1nnc2ccccc2c1NC(=O)CCl. The van der Waals surface area contributed by atoms with E-state index in [-0.39, 0.29) is 17.5 Å². The van der Waals surface area contributed by atoms with Crippen molar-refractivity contribution in [2.24, 2.45) is 0 Å². The fourth-order valence-corrected chi connectivity index (χ4v) is 1.50. The van der Waals surface area contributed by atoms with Crippen molar-refractivity contribution in [1.29, 1.82) is 5.26 Å². The number of aromatic nitrogens is 2. The number of hydrogen-bond donors (Lipinski definition) is 1. The van der Waals surface area contributed by atoms with Gasteiger partial charge in [-0.3, -0.25) is 4.79 Å². The van der Waals surface area contributed by atoms with E-state index in [0.717, 1.165) is 0 Å². The summed E-state index contributed by atoms with van der Waals surface area (Å²) >= 11 is 5.42. The van der Waals surface area contributed by atoms with E-state index in [2.05, 4.69) is 15.5 Å². The predicted octanol–water partition coefficient (Wildman–Crippen LogP) is 1.68. The molecule has 0 aliphatic rings. The van der Waals surface area contributed by atoms with Gasteiger partial charge in [0.1, 0.15) is 11.9 Å². The summed E-state index contributed by atoms with van der Waals surface area (Å²) in [6.07, 6.45) is 0. The van der Waals surface area contributed by atoms with Gasteiger partial charge in [-0.2, -0.15) is 5.26 Å². The molecule has 0 spiro atoms. The molecular weight excluding hydrogens is 240 g/mol. The molecule has 1 aromatic carbocycles. The number of alkyl halides is 1. The van der Waals surface area contributed by atoms with E-state index in [9.17, 15) is 4.79 Å². The quantitative estimate of drug-likeness (QED) is 0.818. The second kappa shape index (κ2) is 4.76. The van der Waals surface area contributed by atoms with Gasteiger partial charge in [0.05, 0.1) is 11.2 Å². The molecule has 0 radical (unpaired) electrons. The van der Waals surface area contributed by atoms with E-state index in [4.69, 9.17) is 16.9 Å². The third kappa shape index (κ3) is 2.17. The van der Waals surface area contributed by atoms with Crippen molar-refractivity contribution < 1.29 is 4.79 Å². The highest BCUT2D eigenvalue weighted by molar-refractivity contribution is 6.29. The van der Waals surface area contributed by atoms with Gasteiger partial charge >= 0.3 is 0 Å². The lowest BCUT2D eigenvalue weighted by molar-refractivity contribution is -0.113. The van der Waals surface area contributed by atoms with Crippen molar-refractivity contribution in [3.63, 3.8) is 0 Å². The summed E-state index contributed by atoms with van der Waals surface area (Å²) in [7, 11) is 0. The van der Waals surface area contributed by atoms with Crippen molar-refractivity contribution in [2.75, 3.05) is 11.2 Å². The highest BCUT2D eigenvalue weighted by Gasteiger charge is 2.12.